The highest BCUT2D eigenvalue weighted by Gasteiger charge is 2.19. The second kappa shape index (κ2) is 5.58. The van der Waals surface area contributed by atoms with Gasteiger partial charge in [-0.25, -0.2) is 4.39 Å². The summed E-state index contributed by atoms with van der Waals surface area (Å²) in [6, 6.07) is 1.97. The highest BCUT2D eigenvalue weighted by Crippen LogP contribution is 2.24. The number of carbonyl (C=O) groups is 1. The molecule has 0 fully saturated rings. The normalized spacial score (nSPS) is 10.1. The quantitative estimate of drug-likeness (QED) is 0.360. The lowest BCUT2D eigenvalue weighted by atomic mass is 10.1. The number of halogens is 2. The van der Waals surface area contributed by atoms with Gasteiger partial charge in [0.1, 0.15) is 5.82 Å². The van der Waals surface area contributed by atoms with Crippen LogP contribution in [0.15, 0.2) is 12.1 Å². The van der Waals surface area contributed by atoms with Crippen LogP contribution in [0.3, 0.4) is 0 Å². The van der Waals surface area contributed by atoms with Gasteiger partial charge in [-0.3, -0.25) is 14.9 Å². The molecular weight excluding hydrogens is 253 g/mol. The number of alkyl halides is 1. The topological polar surface area (TPSA) is 69.4 Å². The molecule has 0 radical (unpaired) electrons. The number of hydrogen-bond donors (Lipinski definition) is 0. The van der Waals surface area contributed by atoms with Gasteiger partial charge < -0.3 is 4.74 Å². The van der Waals surface area contributed by atoms with E-state index >= 15 is 0 Å². The Kier molecular flexibility index (Phi) is 4.39. The van der Waals surface area contributed by atoms with Gasteiger partial charge in [-0.1, -0.05) is 0 Å². The van der Waals surface area contributed by atoms with Gasteiger partial charge in [0.2, 0.25) is 0 Å². The van der Waals surface area contributed by atoms with E-state index in [1.54, 1.807) is 0 Å². The minimum atomic E-state index is -0.823. The number of ether oxygens (including phenoxy) is 1. The van der Waals surface area contributed by atoms with Crippen LogP contribution < -0.4 is 0 Å². The third kappa shape index (κ3) is 3.13. The number of nitrogens with zero attached hydrogens (tertiary/aromatic N) is 1. The van der Waals surface area contributed by atoms with Crippen molar-refractivity contribution in [1.29, 1.82) is 0 Å². The number of hydrogen-bond acceptors (Lipinski definition) is 4. The molecule has 0 aliphatic heterocycles. The summed E-state index contributed by atoms with van der Waals surface area (Å²) >= 11 is 5.53. The van der Waals surface area contributed by atoms with Crippen molar-refractivity contribution in [2.45, 2.75) is 12.3 Å². The fourth-order valence-corrected chi connectivity index (χ4v) is 1.51. The molecule has 1 rings (SSSR count). The molecule has 1 aromatic carbocycles. The van der Waals surface area contributed by atoms with E-state index in [1.165, 1.54) is 13.2 Å². The highest BCUT2D eigenvalue weighted by molar-refractivity contribution is 6.17. The number of methoxy groups -OCH3 is 1. The second-order valence-corrected chi connectivity index (χ2v) is 3.48. The van der Waals surface area contributed by atoms with Gasteiger partial charge in [0.15, 0.2) is 0 Å². The van der Waals surface area contributed by atoms with Crippen molar-refractivity contribution in [3.63, 3.8) is 0 Å². The molecule has 7 heteroatoms. The molecule has 0 heterocycles. The lowest BCUT2D eigenvalue weighted by Gasteiger charge is -2.05. The van der Waals surface area contributed by atoms with E-state index in [1.807, 2.05) is 0 Å². The molecule has 1 aromatic rings. The van der Waals surface area contributed by atoms with Crippen LogP contribution in [0.1, 0.15) is 11.1 Å². The zero-order chi connectivity index (χ0) is 13.0. The largest absolute Gasteiger partial charge is 0.469 e. The molecule has 0 N–H and O–H groups in total. The van der Waals surface area contributed by atoms with Gasteiger partial charge in [0, 0.05) is 5.56 Å². The van der Waals surface area contributed by atoms with Crippen molar-refractivity contribution in [3.8, 4) is 0 Å². The number of carbonyl (C=O) groups excluding carboxylic acids is 1. The molecule has 5 nitrogen and oxygen atoms in total. The van der Waals surface area contributed by atoms with Crippen LogP contribution in [-0.4, -0.2) is 18.0 Å². The number of benzene rings is 1. The highest BCUT2D eigenvalue weighted by atomic mass is 35.5. The van der Waals surface area contributed by atoms with Crippen LogP contribution in [0, 0.1) is 15.9 Å². The van der Waals surface area contributed by atoms with Gasteiger partial charge in [0.25, 0.3) is 5.69 Å². The van der Waals surface area contributed by atoms with E-state index in [2.05, 4.69) is 4.74 Å². The molecule has 0 aliphatic carbocycles. The van der Waals surface area contributed by atoms with Crippen LogP contribution in [0.4, 0.5) is 10.1 Å². The molecule has 0 spiro atoms. The number of nitro benzene ring substituents is 1. The van der Waals surface area contributed by atoms with Gasteiger partial charge in [-0.15, -0.1) is 11.6 Å². The van der Waals surface area contributed by atoms with E-state index < -0.39 is 22.4 Å². The van der Waals surface area contributed by atoms with E-state index in [9.17, 15) is 19.3 Å². The molecule has 0 bridgehead atoms. The van der Waals surface area contributed by atoms with Crippen molar-refractivity contribution in [2.24, 2.45) is 0 Å². The first-order chi connectivity index (χ1) is 7.99. The summed E-state index contributed by atoms with van der Waals surface area (Å²) in [6.07, 6.45) is -0.287. The zero-order valence-electron chi connectivity index (χ0n) is 8.91. The molecular formula is C10H9ClFNO4. The maximum Gasteiger partial charge on any atom is 0.310 e. The summed E-state index contributed by atoms with van der Waals surface area (Å²) in [5.74, 6) is -1.58. The predicted octanol–water partition coefficient (Wildman–Crippen LogP) is 2.19. The molecule has 0 saturated carbocycles. The van der Waals surface area contributed by atoms with Crippen LogP contribution in [0.25, 0.3) is 0 Å². The summed E-state index contributed by atoms with van der Waals surface area (Å²) in [4.78, 5) is 20.9. The first-order valence-electron chi connectivity index (χ1n) is 4.58. The van der Waals surface area contributed by atoms with Crippen molar-refractivity contribution in [2.75, 3.05) is 7.11 Å². The Balaban J connectivity index is 3.17. The zero-order valence-corrected chi connectivity index (χ0v) is 9.66. The third-order valence-electron chi connectivity index (χ3n) is 2.15. The van der Waals surface area contributed by atoms with Crippen molar-refractivity contribution < 1.29 is 18.8 Å². The summed E-state index contributed by atoms with van der Waals surface area (Å²) in [5, 5.41) is 10.6. The number of nitro groups is 1. The first kappa shape index (κ1) is 13.4. The lowest BCUT2D eigenvalue weighted by molar-refractivity contribution is -0.385. The van der Waals surface area contributed by atoms with E-state index in [0.29, 0.717) is 0 Å². The lowest BCUT2D eigenvalue weighted by Crippen LogP contribution is -2.07. The average Bonchev–Trinajstić information content (AvgIpc) is 2.30. The SMILES string of the molecule is COC(=O)Cc1cc(CCl)c([N+](=O)[O-])cc1F. The Morgan fingerprint density at radius 2 is 2.18 bits per heavy atom. The minimum absolute atomic E-state index is 0.0260. The van der Waals surface area contributed by atoms with Crippen molar-refractivity contribution in [1.82, 2.24) is 0 Å². The molecule has 0 saturated heterocycles. The molecule has 0 amide bonds. The molecule has 0 unspecified atom stereocenters. The smallest absolute Gasteiger partial charge is 0.310 e. The maximum atomic E-state index is 13.5. The van der Waals surface area contributed by atoms with E-state index in [0.717, 1.165) is 6.07 Å². The molecule has 92 valence electrons. The van der Waals surface area contributed by atoms with Crippen LogP contribution in [0.2, 0.25) is 0 Å². The van der Waals surface area contributed by atoms with Gasteiger partial charge in [-0.05, 0) is 11.6 Å². The third-order valence-corrected chi connectivity index (χ3v) is 2.44. The summed E-state index contributed by atoms with van der Waals surface area (Å²) in [6.45, 7) is 0. The average molecular weight is 262 g/mol. The van der Waals surface area contributed by atoms with E-state index in [-0.39, 0.29) is 23.4 Å². The molecule has 0 aliphatic rings. The first-order valence-corrected chi connectivity index (χ1v) is 5.11. The summed E-state index contributed by atoms with van der Waals surface area (Å²) < 4.78 is 17.9. The fraction of sp³-hybridized carbons (Fsp3) is 0.300. The number of rotatable bonds is 4. The minimum Gasteiger partial charge on any atom is -0.469 e. The Labute approximate surface area is 101 Å². The molecule has 0 atom stereocenters. The predicted molar refractivity (Wildman–Crippen MR) is 58.3 cm³/mol. The molecule has 17 heavy (non-hydrogen) atoms. The maximum absolute atomic E-state index is 13.5. The summed E-state index contributed by atoms with van der Waals surface area (Å²) in [7, 11) is 1.17. The Morgan fingerprint density at radius 1 is 1.53 bits per heavy atom. The Bertz CT molecular complexity index is 464. The van der Waals surface area contributed by atoms with Crippen LogP contribution in [-0.2, 0) is 21.8 Å². The van der Waals surface area contributed by atoms with Crippen LogP contribution >= 0.6 is 11.6 Å². The summed E-state index contributed by atoms with van der Waals surface area (Å²) in [5.41, 5.74) is -0.207. The monoisotopic (exact) mass is 261 g/mol. The van der Waals surface area contributed by atoms with Gasteiger partial charge in [-0.2, -0.15) is 0 Å². The Hall–Kier alpha value is -1.69. The Morgan fingerprint density at radius 3 is 2.65 bits per heavy atom. The standard InChI is InChI=1S/C10H9ClFNO4/c1-17-10(14)3-6-2-7(5-11)9(13(15)16)4-8(6)12/h2,4H,3,5H2,1H3. The van der Waals surface area contributed by atoms with E-state index in [4.69, 9.17) is 11.6 Å². The van der Waals surface area contributed by atoms with Crippen molar-refractivity contribution >= 4 is 23.3 Å². The van der Waals surface area contributed by atoms with Gasteiger partial charge in [0.05, 0.1) is 30.4 Å². The second-order valence-electron chi connectivity index (χ2n) is 3.22. The fourth-order valence-electron chi connectivity index (χ4n) is 1.30. The number of esters is 1. The van der Waals surface area contributed by atoms with Crippen molar-refractivity contribution in [3.05, 3.63) is 39.2 Å². The van der Waals surface area contributed by atoms with Gasteiger partial charge >= 0.3 is 5.97 Å². The molecule has 0 aromatic heterocycles. The van der Waals surface area contributed by atoms with Crippen LogP contribution in [0.5, 0.6) is 0 Å².